The number of rotatable bonds is 6. The first kappa shape index (κ1) is 19.4. The molecule has 28 heavy (non-hydrogen) atoms. The summed E-state index contributed by atoms with van der Waals surface area (Å²) in [4.78, 5) is 29.2. The highest BCUT2D eigenvalue weighted by Gasteiger charge is 2.20. The molecule has 9 nitrogen and oxygen atoms in total. The van der Waals surface area contributed by atoms with Gasteiger partial charge in [-0.05, 0) is 50.6 Å². The summed E-state index contributed by atoms with van der Waals surface area (Å²) >= 11 is 0. The van der Waals surface area contributed by atoms with Crippen molar-refractivity contribution in [3.05, 3.63) is 50.7 Å². The predicted molar refractivity (Wildman–Crippen MR) is 109 cm³/mol. The first-order chi connectivity index (χ1) is 13.3. The van der Waals surface area contributed by atoms with Gasteiger partial charge in [-0.25, -0.2) is 10.2 Å². The van der Waals surface area contributed by atoms with Crippen molar-refractivity contribution in [1.29, 1.82) is 0 Å². The van der Waals surface area contributed by atoms with E-state index < -0.39 is 5.69 Å². The summed E-state index contributed by atoms with van der Waals surface area (Å²) < 4.78 is 9.60. The van der Waals surface area contributed by atoms with Gasteiger partial charge in [0.15, 0.2) is 11.2 Å². The summed E-state index contributed by atoms with van der Waals surface area (Å²) in [5.74, 6) is 1.19. The highest BCUT2D eigenvalue weighted by atomic mass is 16.5. The molecule has 0 radical (unpaired) electrons. The van der Waals surface area contributed by atoms with Gasteiger partial charge >= 0.3 is 5.69 Å². The molecular formula is C19H24N6O3. The number of ether oxygens (including phenoxy) is 1. The van der Waals surface area contributed by atoms with E-state index >= 15 is 0 Å². The van der Waals surface area contributed by atoms with Crippen LogP contribution in [0, 0.1) is 0 Å². The second-order valence-corrected chi connectivity index (χ2v) is 6.65. The van der Waals surface area contributed by atoms with Crippen LogP contribution in [0.5, 0.6) is 5.75 Å². The lowest BCUT2D eigenvalue weighted by molar-refractivity contribution is 0.340. The zero-order valence-corrected chi connectivity index (χ0v) is 16.6. The number of nitrogens with zero attached hydrogens (tertiary/aromatic N) is 5. The number of hydrogen-bond acceptors (Lipinski definition) is 6. The molecule has 0 aliphatic carbocycles. The molecule has 0 spiro atoms. The van der Waals surface area contributed by atoms with Crippen LogP contribution in [0.1, 0.15) is 32.4 Å². The van der Waals surface area contributed by atoms with Crippen LogP contribution in [0.3, 0.4) is 0 Å². The number of imidazole rings is 1. The Hall–Kier alpha value is -3.36. The summed E-state index contributed by atoms with van der Waals surface area (Å²) in [6.45, 7) is 6.42. The zero-order chi connectivity index (χ0) is 20.4. The van der Waals surface area contributed by atoms with Gasteiger partial charge in [0.25, 0.3) is 5.56 Å². The van der Waals surface area contributed by atoms with Gasteiger partial charge in [-0.2, -0.15) is 10.1 Å². The Kier molecular flexibility index (Phi) is 5.34. The molecule has 1 aromatic carbocycles. The summed E-state index contributed by atoms with van der Waals surface area (Å²) in [6.07, 6.45) is 1.65. The van der Waals surface area contributed by atoms with E-state index in [0.29, 0.717) is 23.7 Å². The molecule has 0 unspecified atom stereocenters. The molecule has 1 N–H and O–H groups in total. The lowest BCUT2D eigenvalue weighted by atomic mass is 10.2. The summed E-state index contributed by atoms with van der Waals surface area (Å²) in [7, 11) is 3.05. The van der Waals surface area contributed by atoms with Crippen molar-refractivity contribution in [3.8, 4) is 5.75 Å². The third-order valence-corrected chi connectivity index (χ3v) is 4.38. The molecule has 2 aromatic heterocycles. The summed E-state index contributed by atoms with van der Waals surface area (Å²) in [5, 5.41) is 4.23. The molecular weight excluding hydrogens is 360 g/mol. The van der Waals surface area contributed by atoms with Crippen molar-refractivity contribution < 1.29 is 4.74 Å². The lowest BCUT2D eigenvalue weighted by Crippen LogP contribution is -2.37. The van der Waals surface area contributed by atoms with E-state index in [1.165, 1.54) is 11.6 Å². The zero-order valence-electron chi connectivity index (χ0n) is 16.6. The Labute approximate surface area is 161 Å². The Bertz CT molecular complexity index is 1140. The molecule has 3 aromatic rings. The maximum absolute atomic E-state index is 12.6. The number of fused-ring (bicyclic) bond motifs is 1. The Morgan fingerprint density at radius 1 is 1.18 bits per heavy atom. The van der Waals surface area contributed by atoms with E-state index in [9.17, 15) is 9.59 Å². The topological polar surface area (TPSA) is 95.4 Å². The normalized spacial score (nSPS) is 11.6. The molecule has 0 saturated carbocycles. The molecule has 2 heterocycles. The third kappa shape index (κ3) is 3.42. The average molecular weight is 384 g/mol. The summed E-state index contributed by atoms with van der Waals surface area (Å²) in [5.41, 5.74) is 3.65. The number of hydrazone groups is 1. The number of nitrogens with one attached hydrogen (secondary N) is 1. The van der Waals surface area contributed by atoms with Gasteiger partial charge in [0.05, 0.1) is 12.8 Å². The minimum atomic E-state index is -0.421. The molecule has 0 aliphatic heterocycles. The summed E-state index contributed by atoms with van der Waals surface area (Å²) in [6, 6.07) is 7.46. The van der Waals surface area contributed by atoms with Gasteiger partial charge in [0.2, 0.25) is 5.95 Å². The quantitative estimate of drug-likeness (QED) is 0.517. The molecule has 0 fully saturated rings. The van der Waals surface area contributed by atoms with Crippen LogP contribution in [-0.2, 0) is 14.1 Å². The van der Waals surface area contributed by atoms with Gasteiger partial charge in [-0.1, -0.05) is 0 Å². The lowest BCUT2D eigenvalue weighted by Gasteiger charge is -2.12. The largest absolute Gasteiger partial charge is 0.494 e. The maximum Gasteiger partial charge on any atom is 0.332 e. The van der Waals surface area contributed by atoms with Gasteiger partial charge in [0, 0.05) is 20.1 Å². The van der Waals surface area contributed by atoms with E-state index in [1.807, 2.05) is 45.0 Å². The monoisotopic (exact) mass is 384 g/mol. The van der Waals surface area contributed by atoms with E-state index in [2.05, 4.69) is 15.5 Å². The van der Waals surface area contributed by atoms with E-state index in [0.717, 1.165) is 15.9 Å². The maximum atomic E-state index is 12.6. The highest BCUT2D eigenvalue weighted by Crippen LogP contribution is 2.21. The molecule has 0 bridgehead atoms. The Morgan fingerprint density at radius 3 is 2.46 bits per heavy atom. The minimum Gasteiger partial charge on any atom is -0.494 e. The SMILES string of the molecule is CCOc1ccc(C=NNc2nc3c(c(=O)n(C)c(=O)n3C)n2C(C)C)cc1. The van der Waals surface area contributed by atoms with Crippen molar-refractivity contribution >= 4 is 23.3 Å². The average Bonchev–Trinajstić information content (AvgIpc) is 3.06. The molecule has 0 atom stereocenters. The highest BCUT2D eigenvalue weighted by molar-refractivity contribution is 5.80. The second-order valence-electron chi connectivity index (χ2n) is 6.65. The number of anilines is 1. The number of aromatic nitrogens is 4. The number of hydrogen-bond donors (Lipinski definition) is 1. The molecule has 3 rings (SSSR count). The van der Waals surface area contributed by atoms with Crippen molar-refractivity contribution in [3.63, 3.8) is 0 Å². The van der Waals surface area contributed by atoms with Gasteiger partial charge in [-0.15, -0.1) is 0 Å². The van der Waals surface area contributed by atoms with Crippen molar-refractivity contribution in [1.82, 2.24) is 18.7 Å². The molecule has 0 aliphatic rings. The van der Waals surface area contributed by atoms with Crippen LogP contribution >= 0.6 is 0 Å². The molecule has 0 amide bonds. The van der Waals surface area contributed by atoms with Crippen LogP contribution in [-0.4, -0.2) is 31.5 Å². The van der Waals surface area contributed by atoms with Crippen LogP contribution < -0.4 is 21.4 Å². The fourth-order valence-electron chi connectivity index (χ4n) is 2.98. The van der Waals surface area contributed by atoms with Crippen molar-refractivity contribution in [2.24, 2.45) is 19.2 Å². The molecule has 148 valence electrons. The van der Waals surface area contributed by atoms with Crippen LogP contribution in [0.15, 0.2) is 39.0 Å². The smallest absolute Gasteiger partial charge is 0.332 e. The Morgan fingerprint density at radius 2 is 1.86 bits per heavy atom. The van der Waals surface area contributed by atoms with Crippen LogP contribution in [0.2, 0.25) is 0 Å². The molecule has 9 heteroatoms. The second kappa shape index (κ2) is 7.71. The molecule has 0 saturated heterocycles. The fourth-order valence-corrected chi connectivity index (χ4v) is 2.98. The van der Waals surface area contributed by atoms with E-state index in [-0.39, 0.29) is 11.6 Å². The fraction of sp³-hybridized carbons (Fsp3) is 0.368. The van der Waals surface area contributed by atoms with Gasteiger partial charge in [0.1, 0.15) is 5.75 Å². The number of benzene rings is 1. The van der Waals surface area contributed by atoms with Crippen LogP contribution in [0.4, 0.5) is 5.95 Å². The van der Waals surface area contributed by atoms with Gasteiger partial charge in [-0.3, -0.25) is 13.9 Å². The first-order valence-electron chi connectivity index (χ1n) is 9.05. The van der Waals surface area contributed by atoms with E-state index in [4.69, 9.17) is 4.74 Å². The van der Waals surface area contributed by atoms with Crippen molar-refractivity contribution in [2.75, 3.05) is 12.0 Å². The first-order valence-corrected chi connectivity index (χ1v) is 9.05. The third-order valence-electron chi connectivity index (χ3n) is 4.38. The van der Waals surface area contributed by atoms with Crippen LogP contribution in [0.25, 0.3) is 11.2 Å². The number of aryl methyl sites for hydroxylation is 1. The van der Waals surface area contributed by atoms with E-state index in [1.54, 1.807) is 17.8 Å². The minimum absolute atomic E-state index is 0.0571. The van der Waals surface area contributed by atoms with Gasteiger partial charge < -0.3 is 9.30 Å². The van der Waals surface area contributed by atoms with Crippen molar-refractivity contribution in [2.45, 2.75) is 26.8 Å². The predicted octanol–water partition coefficient (Wildman–Crippen LogP) is 1.86. The Balaban J connectivity index is 1.98. The standard InChI is InChI=1S/C19H24N6O3/c1-6-28-14-9-7-13(8-10-14)11-20-22-18-21-16-15(25(18)12(2)3)17(26)24(5)19(27)23(16)4/h7-12H,6H2,1-5H3,(H,21,22).